The smallest absolute Gasteiger partial charge is 0.262 e. The predicted octanol–water partition coefficient (Wildman–Crippen LogP) is 2.23. The van der Waals surface area contributed by atoms with E-state index in [9.17, 15) is 9.59 Å². The van der Waals surface area contributed by atoms with Crippen LogP contribution in [-0.2, 0) is 20.1 Å². The number of aromatic amines is 1. The number of benzene rings is 2. The molecule has 0 amide bonds. The van der Waals surface area contributed by atoms with Gasteiger partial charge in [-0.15, -0.1) is 10.2 Å². The van der Waals surface area contributed by atoms with Gasteiger partial charge >= 0.3 is 0 Å². The third kappa shape index (κ3) is 3.27. The summed E-state index contributed by atoms with van der Waals surface area (Å²) in [4.78, 5) is 34.9. The molecule has 0 fully saturated rings. The number of fused-ring (bicyclic) bond motifs is 4. The minimum atomic E-state index is -0.150. The quantitative estimate of drug-likeness (QED) is 0.460. The third-order valence-electron chi connectivity index (χ3n) is 5.78. The Labute approximate surface area is 183 Å². The van der Waals surface area contributed by atoms with E-state index in [0.717, 1.165) is 5.52 Å². The molecule has 9 nitrogen and oxygen atoms in total. The number of rotatable bonds is 5. The summed E-state index contributed by atoms with van der Waals surface area (Å²) in [5.41, 5.74) is 1.18. The zero-order chi connectivity index (χ0) is 22.4. The number of aryl methyl sites for hydroxylation is 1. The largest absolute Gasteiger partial charge is 0.309 e. The Hall–Kier alpha value is -3.85. The molecule has 0 radical (unpaired) electrons. The fourth-order valence-corrected chi connectivity index (χ4v) is 4.00. The van der Waals surface area contributed by atoms with E-state index in [0.29, 0.717) is 46.8 Å². The summed E-state index contributed by atoms with van der Waals surface area (Å²) in [6.45, 7) is 5.07. The monoisotopic (exact) mass is 429 g/mol. The number of aromatic nitrogens is 6. The van der Waals surface area contributed by atoms with E-state index in [1.807, 2.05) is 46.9 Å². The molecular formula is C23H23N7O2. The Morgan fingerprint density at radius 1 is 0.969 bits per heavy atom. The SMILES string of the molecule is CC(C)N(Cc1nc2ccccc2c(=O)[nH]1)Cc1nnc2n(C)c(=O)c3ccccc3n12. The first-order chi connectivity index (χ1) is 15.4. The molecular weight excluding hydrogens is 406 g/mol. The molecule has 162 valence electrons. The second-order valence-electron chi connectivity index (χ2n) is 8.16. The van der Waals surface area contributed by atoms with Crippen LogP contribution >= 0.6 is 0 Å². The number of nitrogens with zero attached hydrogens (tertiary/aromatic N) is 6. The van der Waals surface area contributed by atoms with Crippen LogP contribution < -0.4 is 11.1 Å². The fraction of sp³-hybridized carbons (Fsp3) is 0.261. The Kier molecular flexibility index (Phi) is 4.82. The highest BCUT2D eigenvalue weighted by molar-refractivity contribution is 5.80. The maximum atomic E-state index is 12.7. The maximum Gasteiger partial charge on any atom is 0.262 e. The minimum absolute atomic E-state index is 0.106. The van der Waals surface area contributed by atoms with Gasteiger partial charge < -0.3 is 4.98 Å². The van der Waals surface area contributed by atoms with Crippen molar-refractivity contribution in [2.75, 3.05) is 0 Å². The average Bonchev–Trinajstić information content (AvgIpc) is 3.21. The van der Waals surface area contributed by atoms with E-state index in [1.165, 1.54) is 4.57 Å². The van der Waals surface area contributed by atoms with Gasteiger partial charge in [-0.25, -0.2) is 4.98 Å². The van der Waals surface area contributed by atoms with Gasteiger partial charge in [0.15, 0.2) is 5.82 Å². The number of nitrogens with one attached hydrogen (secondary N) is 1. The summed E-state index contributed by atoms with van der Waals surface area (Å²) in [7, 11) is 1.70. The molecule has 0 aliphatic rings. The summed E-state index contributed by atoms with van der Waals surface area (Å²) in [6, 6.07) is 14.9. The van der Waals surface area contributed by atoms with E-state index >= 15 is 0 Å². The van der Waals surface area contributed by atoms with Gasteiger partial charge in [-0.2, -0.15) is 0 Å². The number of hydrogen-bond acceptors (Lipinski definition) is 6. The maximum absolute atomic E-state index is 12.7. The number of H-pyrrole nitrogens is 1. The first-order valence-electron chi connectivity index (χ1n) is 10.5. The third-order valence-corrected chi connectivity index (χ3v) is 5.78. The molecule has 0 saturated carbocycles. The molecule has 0 unspecified atom stereocenters. The Morgan fingerprint density at radius 2 is 1.69 bits per heavy atom. The van der Waals surface area contributed by atoms with Gasteiger partial charge in [0, 0.05) is 13.1 Å². The second-order valence-corrected chi connectivity index (χ2v) is 8.16. The molecule has 1 N–H and O–H groups in total. The van der Waals surface area contributed by atoms with Gasteiger partial charge in [0.1, 0.15) is 5.82 Å². The Balaban J connectivity index is 1.57. The summed E-state index contributed by atoms with van der Waals surface area (Å²) >= 11 is 0. The summed E-state index contributed by atoms with van der Waals surface area (Å²) in [5, 5.41) is 9.86. The van der Waals surface area contributed by atoms with Crippen molar-refractivity contribution in [2.45, 2.75) is 33.0 Å². The average molecular weight is 429 g/mol. The highest BCUT2D eigenvalue weighted by atomic mass is 16.1. The lowest BCUT2D eigenvalue weighted by atomic mass is 10.2. The molecule has 0 aliphatic carbocycles. The molecule has 0 saturated heterocycles. The Morgan fingerprint density at radius 3 is 2.47 bits per heavy atom. The van der Waals surface area contributed by atoms with Crippen LogP contribution in [0.15, 0.2) is 58.1 Å². The molecule has 0 aliphatic heterocycles. The van der Waals surface area contributed by atoms with Crippen molar-refractivity contribution in [3.8, 4) is 0 Å². The fourth-order valence-electron chi connectivity index (χ4n) is 4.00. The second kappa shape index (κ2) is 7.69. The standard InChI is InChI=1S/C23H23N7O2/c1-14(2)29(12-19-24-17-10-6-4-8-15(17)21(31)25-19)13-20-26-27-23-28(3)22(32)16-9-5-7-11-18(16)30(20)23/h4-11,14H,12-13H2,1-3H3,(H,24,25,31). The Bertz CT molecular complexity index is 1580. The number of hydrogen-bond donors (Lipinski definition) is 1. The molecule has 0 atom stereocenters. The van der Waals surface area contributed by atoms with Gasteiger partial charge in [0.25, 0.3) is 11.1 Å². The highest BCUT2D eigenvalue weighted by Crippen LogP contribution is 2.17. The summed E-state index contributed by atoms with van der Waals surface area (Å²) in [6.07, 6.45) is 0. The predicted molar refractivity (Wildman–Crippen MR) is 122 cm³/mol. The van der Waals surface area contributed by atoms with Crippen LogP contribution in [0.4, 0.5) is 0 Å². The van der Waals surface area contributed by atoms with E-state index < -0.39 is 0 Å². The van der Waals surface area contributed by atoms with Crippen LogP contribution in [0.3, 0.4) is 0 Å². The van der Waals surface area contributed by atoms with Crippen molar-refractivity contribution in [1.29, 1.82) is 0 Å². The van der Waals surface area contributed by atoms with Crippen molar-refractivity contribution < 1.29 is 0 Å². The van der Waals surface area contributed by atoms with Crippen molar-refractivity contribution in [2.24, 2.45) is 7.05 Å². The van der Waals surface area contributed by atoms with Gasteiger partial charge in [-0.05, 0) is 38.1 Å². The van der Waals surface area contributed by atoms with Crippen molar-refractivity contribution in [3.05, 3.63) is 80.9 Å². The highest BCUT2D eigenvalue weighted by Gasteiger charge is 2.19. The van der Waals surface area contributed by atoms with E-state index in [4.69, 9.17) is 0 Å². The molecule has 2 aromatic carbocycles. The van der Waals surface area contributed by atoms with Crippen LogP contribution in [0.2, 0.25) is 0 Å². The topological polar surface area (TPSA) is 101 Å². The zero-order valence-corrected chi connectivity index (χ0v) is 18.1. The van der Waals surface area contributed by atoms with Crippen LogP contribution in [-0.4, -0.2) is 40.1 Å². The lowest BCUT2D eigenvalue weighted by Crippen LogP contribution is -2.32. The first kappa shape index (κ1) is 20.1. The van der Waals surface area contributed by atoms with E-state index in [2.05, 4.69) is 38.9 Å². The van der Waals surface area contributed by atoms with Crippen molar-refractivity contribution >= 4 is 27.6 Å². The van der Waals surface area contributed by atoms with Crippen LogP contribution in [0.5, 0.6) is 0 Å². The van der Waals surface area contributed by atoms with Crippen molar-refractivity contribution in [3.63, 3.8) is 0 Å². The van der Waals surface area contributed by atoms with E-state index in [-0.39, 0.29) is 17.2 Å². The molecule has 5 rings (SSSR count). The van der Waals surface area contributed by atoms with Crippen LogP contribution in [0.1, 0.15) is 25.5 Å². The summed E-state index contributed by atoms with van der Waals surface area (Å²) in [5.74, 6) is 1.79. The molecule has 0 spiro atoms. The molecule has 3 heterocycles. The zero-order valence-electron chi connectivity index (χ0n) is 18.1. The minimum Gasteiger partial charge on any atom is -0.309 e. The van der Waals surface area contributed by atoms with Crippen LogP contribution in [0.25, 0.3) is 27.6 Å². The first-order valence-corrected chi connectivity index (χ1v) is 10.5. The molecule has 32 heavy (non-hydrogen) atoms. The van der Waals surface area contributed by atoms with E-state index in [1.54, 1.807) is 13.1 Å². The number of para-hydroxylation sites is 2. The van der Waals surface area contributed by atoms with Gasteiger partial charge in [-0.3, -0.25) is 23.5 Å². The summed E-state index contributed by atoms with van der Waals surface area (Å²) < 4.78 is 3.43. The normalized spacial score (nSPS) is 12.0. The molecule has 9 heteroatoms. The van der Waals surface area contributed by atoms with Crippen LogP contribution in [0, 0.1) is 0 Å². The molecule has 3 aromatic heterocycles. The van der Waals surface area contributed by atoms with Gasteiger partial charge in [0.05, 0.1) is 34.9 Å². The molecule has 5 aromatic rings. The lowest BCUT2D eigenvalue weighted by Gasteiger charge is -2.25. The van der Waals surface area contributed by atoms with Crippen molar-refractivity contribution in [1.82, 2.24) is 34.0 Å². The lowest BCUT2D eigenvalue weighted by molar-refractivity contribution is 0.193. The molecule has 0 bridgehead atoms. The van der Waals surface area contributed by atoms with Gasteiger partial charge in [-0.1, -0.05) is 24.3 Å². The van der Waals surface area contributed by atoms with Gasteiger partial charge in [0.2, 0.25) is 5.78 Å².